The highest BCUT2D eigenvalue weighted by Crippen LogP contribution is 2.61. The lowest BCUT2D eigenvalue weighted by Gasteiger charge is -2.39. The molecule has 2 fully saturated rings. The fourth-order valence-corrected chi connectivity index (χ4v) is 5.51. The number of aliphatic hydroxyl groups excluding tert-OH is 6. The van der Waals surface area contributed by atoms with Crippen LogP contribution in [0.15, 0.2) is 21.9 Å². The zero-order valence-electron chi connectivity index (χ0n) is 17.9. The first kappa shape index (κ1) is 29.2. The van der Waals surface area contributed by atoms with E-state index in [0.717, 1.165) is 16.8 Å². The maximum Gasteiger partial charge on any atom is 0.483 e. The summed E-state index contributed by atoms with van der Waals surface area (Å²) >= 11 is 0. The predicted molar refractivity (Wildman–Crippen MR) is 109 cm³/mol. The van der Waals surface area contributed by atoms with Crippen LogP contribution in [0.1, 0.15) is 6.23 Å². The third-order valence-corrected chi connectivity index (χ3v) is 7.76. The maximum atomic E-state index is 12.2. The first-order valence-corrected chi connectivity index (χ1v) is 13.0. The largest absolute Gasteiger partial charge is 0.483 e. The predicted octanol–water partition coefficient (Wildman–Crippen LogP) is -4.79. The topological polar surface area (TPSA) is 297 Å². The number of hydrogen-bond donors (Lipinski definition) is 9. The van der Waals surface area contributed by atoms with Gasteiger partial charge < -0.3 is 49.9 Å². The molecule has 206 valence electrons. The van der Waals surface area contributed by atoms with Gasteiger partial charge in [0.2, 0.25) is 0 Å². The van der Waals surface area contributed by atoms with Gasteiger partial charge in [-0.3, -0.25) is 23.4 Å². The van der Waals surface area contributed by atoms with Crippen LogP contribution in [0, 0.1) is 0 Å². The van der Waals surface area contributed by atoms with Crippen LogP contribution < -0.4 is 11.2 Å². The number of hydrogen-bond acceptors (Lipinski definition) is 15. The Morgan fingerprint density at radius 1 is 0.917 bits per heavy atom. The summed E-state index contributed by atoms with van der Waals surface area (Å²) in [4.78, 5) is 44.5. The Morgan fingerprint density at radius 3 is 2.17 bits per heavy atom. The molecule has 0 aliphatic carbocycles. The van der Waals surface area contributed by atoms with Gasteiger partial charge in [-0.15, -0.1) is 0 Å². The SMILES string of the molecule is O=c1ccn(C2O[C@H](COP(=O)(O)OP(=O)(O)OC3O[C@H](CO)[C@H](O)[C@H](O)[C@H]3O)[C@@H](O)[C@H]2O)c(=O)[nH]1. The third-order valence-electron chi connectivity index (χ3n) is 5.16. The van der Waals surface area contributed by atoms with E-state index >= 15 is 0 Å². The zero-order valence-corrected chi connectivity index (χ0v) is 19.6. The van der Waals surface area contributed by atoms with Crippen LogP contribution in [0.2, 0.25) is 0 Å². The van der Waals surface area contributed by atoms with Gasteiger partial charge in [0.25, 0.3) is 5.56 Å². The number of nitrogens with one attached hydrogen (secondary N) is 1. The summed E-state index contributed by atoms with van der Waals surface area (Å²) in [6, 6.07) is 0.928. The normalized spacial score (nSPS) is 38.4. The Balaban J connectivity index is 1.61. The lowest BCUT2D eigenvalue weighted by molar-refractivity contribution is -0.280. The molecule has 36 heavy (non-hydrogen) atoms. The first-order valence-electron chi connectivity index (χ1n) is 9.99. The number of rotatable bonds is 9. The van der Waals surface area contributed by atoms with Crippen molar-refractivity contribution in [3.63, 3.8) is 0 Å². The van der Waals surface area contributed by atoms with E-state index in [9.17, 15) is 54.0 Å². The van der Waals surface area contributed by atoms with E-state index in [1.165, 1.54) is 0 Å². The van der Waals surface area contributed by atoms with Gasteiger partial charge in [-0.2, -0.15) is 4.31 Å². The minimum absolute atomic E-state index is 0.723. The number of nitrogens with zero attached hydrogens (tertiary/aromatic N) is 1. The fourth-order valence-electron chi connectivity index (χ4n) is 3.35. The van der Waals surface area contributed by atoms with E-state index in [-0.39, 0.29) is 0 Å². The van der Waals surface area contributed by atoms with E-state index in [0.29, 0.717) is 0 Å². The molecular weight excluding hydrogens is 542 g/mol. The van der Waals surface area contributed by atoms with Gasteiger partial charge in [0.05, 0.1) is 13.2 Å². The number of phosphoric ester groups is 2. The number of aromatic nitrogens is 2. The molecule has 1 aromatic rings. The highest BCUT2D eigenvalue weighted by Gasteiger charge is 2.49. The van der Waals surface area contributed by atoms with Gasteiger partial charge in [-0.1, -0.05) is 0 Å². The second-order valence-corrected chi connectivity index (χ2v) is 10.7. The average Bonchev–Trinajstić information content (AvgIpc) is 3.06. The molecule has 0 amide bonds. The van der Waals surface area contributed by atoms with Crippen molar-refractivity contribution in [1.82, 2.24) is 9.55 Å². The van der Waals surface area contributed by atoms with Crippen molar-refractivity contribution in [2.45, 2.75) is 55.2 Å². The Kier molecular flexibility index (Phi) is 9.05. The molecule has 2 aliphatic heterocycles. The molecule has 2 aliphatic rings. The van der Waals surface area contributed by atoms with Crippen LogP contribution in [-0.4, -0.2) is 112 Å². The molecule has 2 saturated heterocycles. The van der Waals surface area contributed by atoms with E-state index < -0.39 is 95.4 Å². The maximum absolute atomic E-state index is 12.2. The van der Waals surface area contributed by atoms with Gasteiger partial charge in [0.1, 0.15) is 42.7 Å². The molecule has 0 bridgehead atoms. The lowest BCUT2D eigenvalue weighted by atomic mass is 10.00. The second kappa shape index (κ2) is 11.2. The smallest absolute Gasteiger partial charge is 0.394 e. The minimum atomic E-state index is -5.59. The molecule has 21 heteroatoms. The number of H-pyrrole nitrogens is 1. The number of aromatic amines is 1. The van der Waals surface area contributed by atoms with Crippen LogP contribution in [0.5, 0.6) is 0 Å². The van der Waals surface area contributed by atoms with Crippen LogP contribution in [0.4, 0.5) is 0 Å². The average molecular weight is 566 g/mol. The second-order valence-electron chi connectivity index (χ2n) is 7.68. The monoisotopic (exact) mass is 566 g/mol. The van der Waals surface area contributed by atoms with E-state index in [1.54, 1.807) is 0 Å². The Labute approximate surface area is 199 Å². The van der Waals surface area contributed by atoms with E-state index in [4.69, 9.17) is 14.6 Å². The highest BCUT2D eigenvalue weighted by molar-refractivity contribution is 7.61. The molecule has 4 unspecified atom stereocenters. The number of aliphatic hydroxyl groups is 6. The first-order chi connectivity index (χ1) is 16.7. The zero-order chi connectivity index (χ0) is 27.0. The fraction of sp³-hybridized carbons (Fsp3) is 0.733. The highest BCUT2D eigenvalue weighted by atomic mass is 31.3. The lowest BCUT2D eigenvalue weighted by Crippen LogP contribution is -2.58. The summed E-state index contributed by atoms with van der Waals surface area (Å²) in [7, 11) is -11.1. The molecule has 0 radical (unpaired) electrons. The van der Waals surface area contributed by atoms with Gasteiger partial charge in [0, 0.05) is 12.3 Å². The molecule has 1 aromatic heterocycles. The Morgan fingerprint density at radius 2 is 1.56 bits per heavy atom. The van der Waals surface area contributed by atoms with Crippen molar-refractivity contribution in [1.29, 1.82) is 0 Å². The van der Waals surface area contributed by atoms with Crippen LogP contribution in [0.3, 0.4) is 0 Å². The van der Waals surface area contributed by atoms with Crippen molar-refractivity contribution >= 4 is 15.6 Å². The number of ether oxygens (including phenoxy) is 2. The van der Waals surface area contributed by atoms with Gasteiger partial charge in [-0.25, -0.2) is 13.9 Å². The standard InChI is InChI=1S/C15H24N2O17P2/c18-3-5-8(20)10(22)12(24)14(32-5)33-36(28,29)34-35(26,27)30-4-6-9(21)11(23)13(31-6)17-2-1-7(19)16-15(17)25/h1-2,5-6,8-14,18,20-24H,3-4H2,(H,26,27)(H,28,29)(H,16,19,25)/t5-,6-,8+,9-,10+,11-,12-,13?,14?/m1/s1. The molecule has 0 spiro atoms. The van der Waals surface area contributed by atoms with Gasteiger partial charge in [0.15, 0.2) is 12.5 Å². The molecule has 0 saturated carbocycles. The van der Waals surface area contributed by atoms with Crippen molar-refractivity contribution in [3.8, 4) is 0 Å². The summed E-state index contributed by atoms with van der Waals surface area (Å²) in [5.74, 6) is 0. The van der Waals surface area contributed by atoms with Crippen molar-refractivity contribution < 1.29 is 72.4 Å². The van der Waals surface area contributed by atoms with E-state index in [2.05, 4.69) is 13.4 Å². The number of phosphoric acid groups is 2. The van der Waals surface area contributed by atoms with Gasteiger partial charge >= 0.3 is 21.3 Å². The Bertz CT molecular complexity index is 1120. The molecule has 9 N–H and O–H groups in total. The molecule has 0 aromatic carbocycles. The van der Waals surface area contributed by atoms with Crippen molar-refractivity contribution in [2.75, 3.05) is 13.2 Å². The summed E-state index contributed by atoms with van der Waals surface area (Å²) in [5, 5.41) is 58.6. The Hall–Kier alpha value is -1.38. The summed E-state index contributed by atoms with van der Waals surface area (Å²) in [5.41, 5.74) is -1.75. The van der Waals surface area contributed by atoms with Crippen LogP contribution >= 0.6 is 15.6 Å². The van der Waals surface area contributed by atoms with Crippen LogP contribution in [0.25, 0.3) is 0 Å². The summed E-state index contributed by atoms with van der Waals surface area (Å²) in [6.45, 7) is -1.93. The molecule has 11 atom stereocenters. The molecule has 3 heterocycles. The summed E-state index contributed by atoms with van der Waals surface area (Å²) in [6.07, 6.45) is -15.4. The van der Waals surface area contributed by atoms with Gasteiger partial charge in [-0.05, 0) is 0 Å². The molecule has 3 rings (SSSR count). The minimum Gasteiger partial charge on any atom is -0.394 e. The van der Waals surface area contributed by atoms with E-state index in [1.807, 2.05) is 4.98 Å². The van der Waals surface area contributed by atoms with Crippen molar-refractivity contribution in [3.05, 3.63) is 33.1 Å². The third kappa shape index (κ3) is 6.54. The summed E-state index contributed by atoms with van der Waals surface area (Å²) < 4.78 is 48.1. The molecular formula is C15H24N2O17P2. The van der Waals surface area contributed by atoms with Crippen LogP contribution in [-0.2, 0) is 32.0 Å². The van der Waals surface area contributed by atoms with Crippen molar-refractivity contribution in [2.24, 2.45) is 0 Å². The molecule has 19 nitrogen and oxygen atoms in total. The quantitative estimate of drug-likeness (QED) is 0.127.